The molecule has 0 aliphatic rings. The molecular formula is C20H27N9O5. The van der Waals surface area contributed by atoms with Crippen molar-refractivity contribution in [1.82, 2.24) is 35.6 Å². The van der Waals surface area contributed by atoms with E-state index in [1.54, 1.807) is 12.1 Å². The van der Waals surface area contributed by atoms with Gasteiger partial charge in [0.15, 0.2) is 17.2 Å². The standard InChI is InChI=1S/C20H27N9O5/c1-6-28(7-2)11-13-16(29(27-23-13)19-18(21)25-34-26-19)20(30)24-22-10-12-8-14(31-3)17(33-5)15(9-12)32-4/h8-10H,6-7,11H2,1-5H3,(H2,21,25)(H,24,30)/b22-10+. The molecule has 0 bridgehead atoms. The molecule has 0 aliphatic carbocycles. The molecule has 2 heterocycles. The van der Waals surface area contributed by atoms with Crippen LogP contribution in [-0.2, 0) is 6.54 Å². The van der Waals surface area contributed by atoms with Gasteiger partial charge in [-0.3, -0.25) is 9.69 Å². The van der Waals surface area contributed by atoms with Gasteiger partial charge in [0.1, 0.15) is 5.69 Å². The van der Waals surface area contributed by atoms with E-state index in [4.69, 9.17) is 19.9 Å². The molecule has 0 spiro atoms. The van der Waals surface area contributed by atoms with E-state index < -0.39 is 5.91 Å². The number of benzene rings is 1. The van der Waals surface area contributed by atoms with Crippen molar-refractivity contribution in [3.8, 4) is 23.1 Å². The Balaban J connectivity index is 1.90. The van der Waals surface area contributed by atoms with Crippen LogP contribution in [0.1, 0.15) is 35.6 Å². The van der Waals surface area contributed by atoms with E-state index in [1.165, 1.54) is 32.2 Å². The van der Waals surface area contributed by atoms with Crippen LogP contribution in [-0.4, -0.2) is 76.7 Å². The molecule has 14 nitrogen and oxygen atoms in total. The van der Waals surface area contributed by atoms with Gasteiger partial charge in [-0.15, -0.1) is 5.10 Å². The predicted octanol–water partition coefficient (Wildman–Crippen LogP) is 0.864. The fourth-order valence-corrected chi connectivity index (χ4v) is 3.19. The zero-order valence-electron chi connectivity index (χ0n) is 19.6. The monoisotopic (exact) mass is 473 g/mol. The SMILES string of the molecule is CCN(CC)Cc1nnn(-c2nonc2N)c1C(=O)N/N=C/c1cc(OC)c(OC)c(OC)c1. The summed E-state index contributed by atoms with van der Waals surface area (Å²) in [6.45, 7) is 5.93. The third kappa shape index (κ3) is 5.06. The minimum absolute atomic E-state index is 0.0331. The number of carbonyl (C=O) groups is 1. The number of aromatic nitrogens is 5. The zero-order valence-corrected chi connectivity index (χ0v) is 19.6. The molecule has 1 amide bonds. The lowest BCUT2D eigenvalue weighted by molar-refractivity contribution is 0.0945. The molecular weight excluding hydrogens is 446 g/mol. The van der Waals surface area contributed by atoms with Gasteiger partial charge in [0.25, 0.3) is 5.91 Å². The number of hydrazone groups is 1. The van der Waals surface area contributed by atoms with E-state index >= 15 is 0 Å². The lowest BCUT2D eigenvalue weighted by Crippen LogP contribution is -2.27. The van der Waals surface area contributed by atoms with E-state index in [2.05, 4.69) is 40.7 Å². The van der Waals surface area contributed by atoms with Gasteiger partial charge in [0.2, 0.25) is 17.4 Å². The fourth-order valence-electron chi connectivity index (χ4n) is 3.19. The van der Waals surface area contributed by atoms with Gasteiger partial charge in [0, 0.05) is 12.1 Å². The first-order valence-electron chi connectivity index (χ1n) is 10.4. The van der Waals surface area contributed by atoms with Gasteiger partial charge >= 0.3 is 0 Å². The summed E-state index contributed by atoms with van der Waals surface area (Å²) in [5.41, 5.74) is 9.42. The molecule has 34 heavy (non-hydrogen) atoms. The van der Waals surface area contributed by atoms with Crippen molar-refractivity contribution < 1.29 is 23.6 Å². The Morgan fingerprint density at radius 1 is 1.18 bits per heavy atom. The summed E-state index contributed by atoms with van der Waals surface area (Å²) in [4.78, 5) is 15.2. The van der Waals surface area contributed by atoms with Crippen LogP contribution in [0.15, 0.2) is 21.9 Å². The van der Waals surface area contributed by atoms with Crippen LogP contribution in [0.25, 0.3) is 5.82 Å². The number of rotatable bonds is 11. The molecule has 3 aromatic rings. The Bertz CT molecular complexity index is 1130. The summed E-state index contributed by atoms with van der Waals surface area (Å²) in [5.74, 6) is 0.797. The minimum Gasteiger partial charge on any atom is -0.493 e. The zero-order chi connectivity index (χ0) is 24.7. The molecule has 3 N–H and O–H groups in total. The molecule has 0 unspecified atom stereocenters. The number of anilines is 1. The molecule has 14 heteroatoms. The van der Waals surface area contributed by atoms with Crippen LogP contribution >= 0.6 is 0 Å². The molecule has 0 saturated heterocycles. The molecule has 182 valence electrons. The second-order valence-electron chi connectivity index (χ2n) is 6.89. The van der Waals surface area contributed by atoms with E-state index in [0.717, 1.165) is 13.1 Å². The Morgan fingerprint density at radius 3 is 2.38 bits per heavy atom. The van der Waals surface area contributed by atoms with Crippen LogP contribution in [0.5, 0.6) is 17.2 Å². The molecule has 1 aromatic carbocycles. The van der Waals surface area contributed by atoms with Gasteiger partial charge in [-0.1, -0.05) is 19.1 Å². The normalized spacial score (nSPS) is 11.2. The van der Waals surface area contributed by atoms with E-state index in [-0.39, 0.29) is 17.3 Å². The number of ether oxygens (including phenoxy) is 3. The van der Waals surface area contributed by atoms with Crippen LogP contribution in [0, 0.1) is 0 Å². The Labute approximate surface area is 195 Å². The predicted molar refractivity (Wildman–Crippen MR) is 121 cm³/mol. The van der Waals surface area contributed by atoms with Gasteiger partial charge in [0.05, 0.1) is 27.5 Å². The summed E-state index contributed by atoms with van der Waals surface area (Å²) in [6, 6.07) is 3.38. The number of nitrogens with zero attached hydrogens (tertiary/aromatic N) is 7. The smallest absolute Gasteiger partial charge is 0.292 e. The van der Waals surface area contributed by atoms with Crippen molar-refractivity contribution in [2.24, 2.45) is 5.10 Å². The molecule has 0 fully saturated rings. The van der Waals surface area contributed by atoms with Crippen molar-refractivity contribution in [3.63, 3.8) is 0 Å². The highest BCUT2D eigenvalue weighted by molar-refractivity contribution is 5.95. The number of hydrogen-bond acceptors (Lipinski definition) is 12. The fraction of sp³-hybridized carbons (Fsp3) is 0.400. The number of methoxy groups -OCH3 is 3. The van der Waals surface area contributed by atoms with Crippen LogP contribution in [0.3, 0.4) is 0 Å². The number of carbonyl (C=O) groups excluding carboxylic acids is 1. The van der Waals surface area contributed by atoms with E-state index in [9.17, 15) is 4.79 Å². The largest absolute Gasteiger partial charge is 0.493 e. The van der Waals surface area contributed by atoms with Crippen LogP contribution in [0.4, 0.5) is 5.82 Å². The highest BCUT2D eigenvalue weighted by Gasteiger charge is 2.25. The third-order valence-electron chi connectivity index (χ3n) is 4.99. The quantitative estimate of drug-likeness (QED) is 0.299. The minimum atomic E-state index is -0.571. The summed E-state index contributed by atoms with van der Waals surface area (Å²) < 4.78 is 21.8. The molecule has 2 aromatic heterocycles. The Morgan fingerprint density at radius 2 is 1.85 bits per heavy atom. The average Bonchev–Trinajstić information content (AvgIpc) is 3.46. The number of hydrogen-bond donors (Lipinski definition) is 2. The summed E-state index contributed by atoms with van der Waals surface area (Å²) >= 11 is 0. The first-order valence-corrected chi connectivity index (χ1v) is 10.4. The maximum absolute atomic E-state index is 13.1. The Kier molecular flexibility index (Phi) is 7.97. The summed E-state index contributed by atoms with van der Waals surface area (Å²) in [5, 5.41) is 19.5. The average molecular weight is 473 g/mol. The highest BCUT2D eigenvalue weighted by Crippen LogP contribution is 2.37. The number of nitrogen functional groups attached to an aromatic ring is 1. The first kappa shape index (κ1) is 24.4. The highest BCUT2D eigenvalue weighted by atomic mass is 16.6. The lowest BCUT2D eigenvalue weighted by atomic mass is 10.2. The maximum atomic E-state index is 13.1. The number of nitrogens with one attached hydrogen (secondary N) is 1. The second-order valence-corrected chi connectivity index (χ2v) is 6.89. The van der Waals surface area contributed by atoms with Crippen molar-refractivity contribution in [2.75, 3.05) is 40.2 Å². The summed E-state index contributed by atoms with van der Waals surface area (Å²) in [7, 11) is 4.53. The number of nitrogens with two attached hydrogens (primary N) is 1. The van der Waals surface area contributed by atoms with Crippen molar-refractivity contribution >= 4 is 17.9 Å². The molecule has 0 saturated carbocycles. The molecule has 0 aliphatic heterocycles. The summed E-state index contributed by atoms with van der Waals surface area (Å²) in [6.07, 6.45) is 1.44. The van der Waals surface area contributed by atoms with Crippen LogP contribution in [0.2, 0.25) is 0 Å². The Hall–Kier alpha value is -4.20. The van der Waals surface area contributed by atoms with Crippen LogP contribution < -0.4 is 25.4 Å². The lowest BCUT2D eigenvalue weighted by Gasteiger charge is -2.16. The van der Waals surface area contributed by atoms with Crippen molar-refractivity contribution in [3.05, 3.63) is 29.1 Å². The molecule has 0 radical (unpaired) electrons. The molecule has 3 rings (SSSR count). The molecule has 0 atom stereocenters. The van der Waals surface area contributed by atoms with E-state index in [0.29, 0.717) is 35.1 Å². The van der Waals surface area contributed by atoms with Crippen molar-refractivity contribution in [1.29, 1.82) is 0 Å². The van der Waals surface area contributed by atoms with Crippen molar-refractivity contribution in [2.45, 2.75) is 20.4 Å². The van der Waals surface area contributed by atoms with E-state index in [1.807, 2.05) is 13.8 Å². The maximum Gasteiger partial charge on any atom is 0.292 e. The third-order valence-corrected chi connectivity index (χ3v) is 4.99. The first-order chi connectivity index (χ1) is 16.5. The van der Waals surface area contributed by atoms with Gasteiger partial charge in [-0.05, 0) is 35.5 Å². The second kappa shape index (κ2) is 11.1. The topological polar surface area (TPSA) is 168 Å². The number of amides is 1. The van der Waals surface area contributed by atoms with Gasteiger partial charge in [-0.25, -0.2) is 10.1 Å². The van der Waals surface area contributed by atoms with Gasteiger partial charge in [-0.2, -0.15) is 9.78 Å². The van der Waals surface area contributed by atoms with Gasteiger partial charge < -0.3 is 19.9 Å².